The Labute approximate surface area is 147 Å². The number of carbonyl (C=O) groups is 1. The Morgan fingerprint density at radius 2 is 2.12 bits per heavy atom. The first-order chi connectivity index (χ1) is 12.2. The number of H-pyrrole nitrogens is 1. The van der Waals surface area contributed by atoms with Crippen molar-refractivity contribution in [1.82, 2.24) is 24.6 Å². The molecule has 1 saturated heterocycles. The minimum absolute atomic E-state index is 0.125. The molecule has 25 heavy (non-hydrogen) atoms. The van der Waals surface area contributed by atoms with E-state index in [1.165, 1.54) is 5.56 Å². The Hall–Kier alpha value is -2.60. The Balaban J connectivity index is 1.42. The molecule has 0 radical (unpaired) electrons. The molecule has 0 bridgehead atoms. The van der Waals surface area contributed by atoms with Crippen LogP contribution in [0.25, 0.3) is 10.9 Å². The first kappa shape index (κ1) is 15.9. The summed E-state index contributed by atoms with van der Waals surface area (Å²) in [6.07, 6.45) is 6.87. The number of aromatic nitrogens is 3. The maximum absolute atomic E-state index is 12.9. The van der Waals surface area contributed by atoms with Crippen LogP contribution < -0.4 is 0 Å². The van der Waals surface area contributed by atoms with E-state index in [2.05, 4.69) is 21.2 Å². The minimum atomic E-state index is 0.125. The number of nitrogens with zero attached hydrogens (tertiary/aromatic N) is 4. The monoisotopic (exact) mass is 337 g/mol. The van der Waals surface area contributed by atoms with Gasteiger partial charge in [-0.2, -0.15) is 5.10 Å². The van der Waals surface area contributed by atoms with Crippen molar-refractivity contribution in [3.63, 3.8) is 0 Å². The third kappa shape index (κ3) is 3.44. The number of amides is 1. The van der Waals surface area contributed by atoms with Crippen molar-refractivity contribution in [2.75, 3.05) is 26.2 Å². The van der Waals surface area contributed by atoms with E-state index < -0.39 is 0 Å². The molecular formula is C19H23N5O. The van der Waals surface area contributed by atoms with E-state index in [4.69, 9.17) is 0 Å². The summed E-state index contributed by atoms with van der Waals surface area (Å²) in [6, 6.07) is 7.91. The SMILES string of the molecule is Cn1cc(CN2CCCN(C(=O)c3ccc4cc[nH]c4c3)CC2)cn1. The topological polar surface area (TPSA) is 57.2 Å². The van der Waals surface area contributed by atoms with Crippen LogP contribution in [-0.4, -0.2) is 56.7 Å². The van der Waals surface area contributed by atoms with Crippen molar-refractivity contribution in [1.29, 1.82) is 0 Å². The number of aryl methyl sites for hydroxylation is 1. The number of nitrogens with one attached hydrogen (secondary N) is 1. The van der Waals surface area contributed by atoms with E-state index in [9.17, 15) is 4.79 Å². The van der Waals surface area contributed by atoms with Crippen LogP contribution in [0.5, 0.6) is 0 Å². The quantitative estimate of drug-likeness (QED) is 0.797. The van der Waals surface area contributed by atoms with Gasteiger partial charge in [0.2, 0.25) is 0 Å². The molecule has 1 N–H and O–H groups in total. The lowest BCUT2D eigenvalue weighted by molar-refractivity contribution is 0.0761. The first-order valence-corrected chi connectivity index (χ1v) is 8.75. The molecule has 2 aromatic heterocycles. The molecule has 6 nitrogen and oxygen atoms in total. The van der Waals surface area contributed by atoms with Crippen molar-refractivity contribution in [2.24, 2.45) is 7.05 Å². The molecule has 0 saturated carbocycles. The van der Waals surface area contributed by atoms with Gasteiger partial charge in [0.15, 0.2) is 0 Å². The second-order valence-corrected chi connectivity index (χ2v) is 6.72. The average Bonchev–Trinajstić information content (AvgIpc) is 3.17. The summed E-state index contributed by atoms with van der Waals surface area (Å²) in [5.41, 5.74) is 2.99. The number of aromatic amines is 1. The summed E-state index contributed by atoms with van der Waals surface area (Å²) < 4.78 is 1.83. The van der Waals surface area contributed by atoms with Crippen LogP contribution in [0.15, 0.2) is 42.9 Å². The highest BCUT2D eigenvalue weighted by atomic mass is 16.2. The lowest BCUT2D eigenvalue weighted by Crippen LogP contribution is -2.35. The van der Waals surface area contributed by atoms with E-state index in [0.717, 1.165) is 55.6 Å². The van der Waals surface area contributed by atoms with Gasteiger partial charge in [-0.1, -0.05) is 6.07 Å². The maximum Gasteiger partial charge on any atom is 0.253 e. The third-order valence-corrected chi connectivity index (χ3v) is 4.84. The number of hydrogen-bond acceptors (Lipinski definition) is 3. The standard InChI is InChI=1S/C19H23N5O/c1-22-13-15(12-21-22)14-23-7-2-8-24(10-9-23)19(25)17-4-3-16-5-6-20-18(16)11-17/h3-6,11-13,20H,2,7-10,14H2,1H3. The first-order valence-electron chi connectivity index (χ1n) is 8.75. The van der Waals surface area contributed by atoms with Gasteiger partial charge in [0, 0.05) is 68.8 Å². The Morgan fingerprint density at radius 1 is 1.20 bits per heavy atom. The number of hydrogen-bond donors (Lipinski definition) is 1. The second-order valence-electron chi connectivity index (χ2n) is 6.72. The summed E-state index contributed by atoms with van der Waals surface area (Å²) in [7, 11) is 1.94. The summed E-state index contributed by atoms with van der Waals surface area (Å²) in [4.78, 5) is 20.4. The summed E-state index contributed by atoms with van der Waals surface area (Å²) in [5.74, 6) is 0.125. The van der Waals surface area contributed by atoms with Gasteiger partial charge in [0.1, 0.15) is 0 Å². The molecule has 1 aliphatic heterocycles. The van der Waals surface area contributed by atoms with Crippen molar-refractivity contribution in [2.45, 2.75) is 13.0 Å². The van der Waals surface area contributed by atoms with Gasteiger partial charge in [-0.3, -0.25) is 14.4 Å². The van der Waals surface area contributed by atoms with Crippen LogP contribution in [0.4, 0.5) is 0 Å². The third-order valence-electron chi connectivity index (χ3n) is 4.84. The number of benzene rings is 1. The highest BCUT2D eigenvalue weighted by molar-refractivity contribution is 5.97. The van der Waals surface area contributed by atoms with Crippen molar-refractivity contribution < 1.29 is 4.79 Å². The lowest BCUT2D eigenvalue weighted by Gasteiger charge is -2.22. The van der Waals surface area contributed by atoms with Gasteiger partial charge >= 0.3 is 0 Å². The molecule has 1 aromatic carbocycles. The van der Waals surface area contributed by atoms with E-state index in [-0.39, 0.29) is 5.91 Å². The Morgan fingerprint density at radius 3 is 2.96 bits per heavy atom. The molecule has 3 aromatic rings. The zero-order chi connectivity index (χ0) is 17.2. The van der Waals surface area contributed by atoms with Gasteiger partial charge < -0.3 is 9.88 Å². The van der Waals surface area contributed by atoms with Crippen LogP contribution in [0.2, 0.25) is 0 Å². The Bertz CT molecular complexity index is 881. The van der Waals surface area contributed by atoms with E-state index >= 15 is 0 Å². The molecule has 3 heterocycles. The van der Waals surface area contributed by atoms with Crippen molar-refractivity contribution in [3.05, 3.63) is 54.0 Å². The fraction of sp³-hybridized carbons (Fsp3) is 0.368. The van der Waals surface area contributed by atoms with E-state index in [1.807, 2.05) is 53.3 Å². The molecule has 1 amide bonds. The highest BCUT2D eigenvalue weighted by Gasteiger charge is 2.21. The molecule has 130 valence electrons. The number of carbonyl (C=O) groups excluding carboxylic acids is 1. The zero-order valence-electron chi connectivity index (χ0n) is 14.5. The van der Waals surface area contributed by atoms with Crippen LogP contribution in [-0.2, 0) is 13.6 Å². The molecule has 1 fully saturated rings. The van der Waals surface area contributed by atoms with Gasteiger partial charge in [-0.25, -0.2) is 0 Å². The van der Waals surface area contributed by atoms with E-state index in [0.29, 0.717) is 0 Å². The van der Waals surface area contributed by atoms with Gasteiger partial charge in [-0.05, 0) is 30.0 Å². The molecule has 4 rings (SSSR count). The number of rotatable bonds is 3. The van der Waals surface area contributed by atoms with Crippen LogP contribution in [0, 0.1) is 0 Å². The van der Waals surface area contributed by atoms with Crippen LogP contribution >= 0.6 is 0 Å². The number of fused-ring (bicyclic) bond motifs is 1. The second kappa shape index (κ2) is 6.72. The molecule has 0 unspecified atom stereocenters. The molecule has 1 aliphatic rings. The van der Waals surface area contributed by atoms with Gasteiger partial charge in [0.05, 0.1) is 6.20 Å². The summed E-state index contributed by atoms with van der Waals surface area (Å²) in [5, 5.41) is 5.37. The minimum Gasteiger partial charge on any atom is -0.361 e. The predicted octanol–water partition coefficient (Wildman–Crippen LogP) is 2.25. The Kier molecular flexibility index (Phi) is 4.28. The van der Waals surface area contributed by atoms with Crippen molar-refractivity contribution >= 4 is 16.8 Å². The molecule has 0 atom stereocenters. The molecular weight excluding hydrogens is 314 g/mol. The molecule has 6 heteroatoms. The van der Waals surface area contributed by atoms with Crippen LogP contribution in [0.3, 0.4) is 0 Å². The summed E-state index contributed by atoms with van der Waals surface area (Å²) >= 11 is 0. The molecule has 0 spiro atoms. The van der Waals surface area contributed by atoms with Crippen molar-refractivity contribution in [3.8, 4) is 0 Å². The average molecular weight is 337 g/mol. The molecule has 0 aliphatic carbocycles. The van der Waals surface area contributed by atoms with Gasteiger partial charge in [0.25, 0.3) is 5.91 Å². The largest absolute Gasteiger partial charge is 0.361 e. The lowest BCUT2D eigenvalue weighted by atomic mass is 10.1. The fourth-order valence-corrected chi connectivity index (χ4v) is 3.51. The smallest absolute Gasteiger partial charge is 0.253 e. The normalized spacial score (nSPS) is 16.3. The maximum atomic E-state index is 12.9. The van der Waals surface area contributed by atoms with Crippen LogP contribution in [0.1, 0.15) is 22.3 Å². The predicted molar refractivity (Wildman–Crippen MR) is 97.3 cm³/mol. The fourth-order valence-electron chi connectivity index (χ4n) is 3.51. The summed E-state index contributed by atoms with van der Waals surface area (Å²) in [6.45, 7) is 4.37. The highest BCUT2D eigenvalue weighted by Crippen LogP contribution is 2.17. The zero-order valence-corrected chi connectivity index (χ0v) is 14.5. The van der Waals surface area contributed by atoms with Gasteiger partial charge in [-0.15, -0.1) is 0 Å². The van der Waals surface area contributed by atoms with E-state index in [1.54, 1.807) is 0 Å².